The molecule has 2 aromatic carbocycles. The monoisotopic (exact) mass is 474 g/mol. The van der Waals surface area contributed by atoms with Crippen molar-refractivity contribution < 1.29 is 33.4 Å². The number of fused-ring (bicyclic) bond motifs is 3. The molecule has 4 aliphatic rings. The maximum Gasteiger partial charge on any atom is 0.343 e. The van der Waals surface area contributed by atoms with Gasteiger partial charge < -0.3 is 14.2 Å². The maximum absolute atomic E-state index is 13.3. The van der Waals surface area contributed by atoms with Crippen LogP contribution in [0.3, 0.4) is 0 Å². The average Bonchev–Trinajstić information content (AvgIpc) is 3.59. The minimum Gasteiger partial charge on any atom is -0.454 e. The van der Waals surface area contributed by atoms with Crippen LogP contribution in [0.25, 0.3) is 6.08 Å². The van der Waals surface area contributed by atoms with Crippen LogP contribution in [0.1, 0.15) is 41.6 Å². The number of nitrogens with one attached hydrogen (secondary N) is 1. The van der Waals surface area contributed by atoms with Crippen LogP contribution >= 0.6 is 0 Å². The van der Waals surface area contributed by atoms with Crippen LogP contribution in [0.15, 0.2) is 48.0 Å². The Balaban J connectivity index is 1.27. The van der Waals surface area contributed by atoms with Gasteiger partial charge >= 0.3 is 12.0 Å². The van der Waals surface area contributed by atoms with E-state index in [2.05, 4.69) is 5.32 Å². The average molecular weight is 474 g/mol. The van der Waals surface area contributed by atoms with Crippen molar-refractivity contribution in [3.05, 3.63) is 59.2 Å². The highest BCUT2D eigenvalue weighted by molar-refractivity contribution is 6.31. The molecule has 2 aromatic rings. The number of imide groups is 2. The van der Waals surface area contributed by atoms with Crippen molar-refractivity contribution >= 4 is 29.9 Å². The minimum absolute atomic E-state index is 0.0854. The van der Waals surface area contributed by atoms with E-state index in [1.807, 2.05) is 0 Å². The topological polar surface area (TPSA) is 111 Å². The lowest BCUT2D eigenvalue weighted by atomic mass is 9.93. The molecule has 2 aliphatic heterocycles. The van der Waals surface area contributed by atoms with Crippen molar-refractivity contribution in [2.75, 3.05) is 6.79 Å². The van der Waals surface area contributed by atoms with Crippen LogP contribution in [-0.2, 0) is 9.59 Å². The number of hydrogen-bond donors (Lipinski definition) is 1. The predicted molar refractivity (Wildman–Crippen MR) is 122 cm³/mol. The molecule has 0 spiro atoms. The second-order valence-corrected chi connectivity index (χ2v) is 9.23. The largest absolute Gasteiger partial charge is 0.454 e. The third kappa shape index (κ3) is 3.73. The molecule has 0 unspecified atom stereocenters. The highest BCUT2D eigenvalue weighted by atomic mass is 16.7. The Morgan fingerprint density at radius 3 is 2.66 bits per heavy atom. The maximum atomic E-state index is 13.3. The van der Waals surface area contributed by atoms with Gasteiger partial charge in [-0.3, -0.25) is 19.8 Å². The lowest BCUT2D eigenvalue weighted by Gasteiger charge is -2.35. The number of barbiturate groups is 1. The molecule has 1 N–H and O–H groups in total. The van der Waals surface area contributed by atoms with Crippen molar-refractivity contribution in [2.24, 2.45) is 11.8 Å². The first kappa shape index (κ1) is 21.4. The fraction of sp³-hybridized carbons (Fsp3) is 0.308. The van der Waals surface area contributed by atoms with Crippen LogP contribution in [0.5, 0.6) is 17.2 Å². The lowest BCUT2D eigenvalue weighted by Crippen LogP contribution is -2.58. The van der Waals surface area contributed by atoms with Gasteiger partial charge in [0, 0.05) is 11.6 Å². The Morgan fingerprint density at radius 1 is 1.03 bits per heavy atom. The molecule has 2 aliphatic carbocycles. The molecule has 2 bridgehead atoms. The van der Waals surface area contributed by atoms with Gasteiger partial charge in [0.1, 0.15) is 11.3 Å². The molecular weight excluding hydrogens is 452 g/mol. The third-order valence-corrected chi connectivity index (χ3v) is 7.20. The number of benzene rings is 2. The Bertz CT molecular complexity index is 1300. The molecule has 9 heteroatoms. The molecule has 4 amide bonds. The molecule has 3 fully saturated rings. The number of hydrogen-bond acceptors (Lipinski definition) is 7. The standard InChI is InChI=1S/C26H22N2O7/c29-23-18(24(30)28(26(32)27-23)19-10-14-5-6-15(19)9-14)11-16-3-1-2-4-20(16)35-25(31)17-7-8-21-22(12-17)34-13-33-21/h1-4,7-8,11-12,14-15,19H,5-6,9-10,13H2,(H,27,29,32)/b18-11-/t14-,15-,19+/m0/s1. The molecule has 0 radical (unpaired) electrons. The Labute approximate surface area is 200 Å². The zero-order valence-corrected chi connectivity index (χ0v) is 18.7. The number of amides is 4. The fourth-order valence-electron chi connectivity index (χ4n) is 5.53. The van der Waals surface area contributed by atoms with E-state index in [0.29, 0.717) is 23.0 Å². The fourth-order valence-corrected chi connectivity index (χ4v) is 5.53. The quantitative estimate of drug-likeness (QED) is 0.313. The predicted octanol–water partition coefficient (Wildman–Crippen LogP) is 3.28. The van der Waals surface area contributed by atoms with Gasteiger partial charge in [0.25, 0.3) is 11.8 Å². The van der Waals surface area contributed by atoms with Gasteiger partial charge in [0.15, 0.2) is 11.5 Å². The summed E-state index contributed by atoms with van der Waals surface area (Å²) in [4.78, 5) is 52.5. The van der Waals surface area contributed by atoms with E-state index in [1.54, 1.807) is 36.4 Å². The van der Waals surface area contributed by atoms with Gasteiger partial charge in [-0.15, -0.1) is 0 Å². The van der Waals surface area contributed by atoms with Crippen LogP contribution in [-0.4, -0.2) is 41.5 Å². The zero-order chi connectivity index (χ0) is 24.1. The van der Waals surface area contributed by atoms with Crippen molar-refractivity contribution in [2.45, 2.75) is 31.7 Å². The molecule has 2 heterocycles. The van der Waals surface area contributed by atoms with E-state index < -0.39 is 23.8 Å². The summed E-state index contributed by atoms with van der Waals surface area (Å²) in [7, 11) is 0. The summed E-state index contributed by atoms with van der Waals surface area (Å²) in [6.07, 6.45) is 5.25. The number of para-hydroxylation sites is 1. The summed E-state index contributed by atoms with van der Waals surface area (Å²) in [5.74, 6) is -0.0534. The number of carbonyl (C=O) groups excluding carboxylic acids is 4. The van der Waals surface area contributed by atoms with Gasteiger partial charge in [-0.05, 0) is 61.4 Å². The van der Waals surface area contributed by atoms with Crippen molar-refractivity contribution in [1.82, 2.24) is 10.2 Å². The molecule has 1 saturated heterocycles. The van der Waals surface area contributed by atoms with Gasteiger partial charge in [-0.2, -0.15) is 0 Å². The second kappa shape index (κ2) is 8.26. The zero-order valence-electron chi connectivity index (χ0n) is 18.7. The molecule has 6 rings (SSSR count). The molecule has 178 valence electrons. The molecular formula is C26H22N2O7. The Kier molecular flexibility index (Phi) is 5.05. The number of urea groups is 1. The van der Waals surface area contributed by atoms with Gasteiger partial charge in [0.2, 0.25) is 6.79 Å². The smallest absolute Gasteiger partial charge is 0.343 e. The second-order valence-electron chi connectivity index (χ2n) is 9.23. The van der Waals surface area contributed by atoms with E-state index in [4.69, 9.17) is 14.2 Å². The first-order chi connectivity index (χ1) is 17.0. The lowest BCUT2D eigenvalue weighted by molar-refractivity contribution is -0.132. The number of rotatable bonds is 4. The highest BCUT2D eigenvalue weighted by Gasteiger charge is 2.49. The first-order valence-corrected chi connectivity index (χ1v) is 11.6. The normalized spacial score (nSPS) is 25.8. The van der Waals surface area contributed by atoms with E-state index in [1.165, 1.54) is 17.0 Å². The molecule has 35 heavy (non-hydrogen) atoms. The molecule has 3 atom stereocenters. The van der Waals surface area contributed by atoms with E-state index in [-0.39, 0.29) is 35.6 Å². The van der Waals surface area contributed by atoms with Crippen molar-refractivity contribution in [1.29, 1.82) is 0 Å². The number of nitrogens with zero attached hydrogens (tertiary/aromatic N) is 1. The van der Waals surface area contributed by atoms with Crippen LogP contribution in [0.2, 0.25) is 0 Å². The van der Waals surface area contributed by atoms with Gasteiger partial charge in [-0.25, -0.2) is 9.59 Å². The van der Waals surface area contributed by atoms with Crippen LogP contribution < -0.4 is 19.5 Å². The summed E-state index contributed by atoms with van der Waals surface area (Å²) in [6, 6.07) is 10.4. The van der Waals surface area contributed by atoms with Crippen molar-refractivity contribution in [3.8, 4) is 17.2 Å². The minimum atomic E-state index is -0.767. The molecule has 0 aromatic heterocycles. The van der Waals surface area contributed by atoms with Gasteiger partial charge in [0.05, 0.1) is 5.56 Å². The van der Waals surface area contributed by atoms with Gasteiger partial charge in [-0.1, -0.05) is 24.6 Å². The first-order valence-electron chi connectivity index (χ1n) is 11.6. The highest BCUT2D eigenvalue weighted by Crippen LogP contribution is 2.47. The number of ether oxygens (including phenoxy) is 3. The summed E-state index contributed by atoms with van der Waals surface area (Å²) < 4.78 is 16.2. The Hall–Kier alpha value is -4.14. The van der Waals surface area contributed by atoms with Crippen LogP contribution in [0, 0.1) is 11.8 Å². The summed E-state index contributed by atoms with van der Waals surface area (Å²) in [6.45, 7) is 0.0854. The summed E-state index contributed by atoms with van der Waals surface area (Å²) >= 11 is 0. The number of carbonyl (C=O) groups is 4. The Morgan fingerprint density at radius 2 is 1.86 bits per heavy atom. The van der Waals surface area contributed by atoms with Crippen LogP contribution in [0.4, 0.5) is 4.79 Å². The summed E-state index contributed by atoms with van der Waals surface area (Å²) in [5, 5.41) is 2.30. The SMILES string of the molecule is O=C1NC(=O)N([C@@H]2C[C@H]3CC[C@H]2C3)C(=O)/C1=C\c1ccccc1OC(=O)c1ccc2c(c1)OCO2. The van der Waals surface area contributed by atoms with E-state index >= 15 is 0 Å². The third-order valence-electron chi connectivity index (χ3n) is 7.20. The summed E-state index contributed by atoms with van der Waals surface area (Å²) in [5.41, 5.74) is 0.456. The molecule has 2 saturated carbocycles. The van der Waals surface area contributed by atoms with E-state index in [0.717, 1.165) is 25.7 Å². The number of esters is 1. The van der Waals surface area contributed by atoms with E-state index in [9.17, 15) is 19.2 Å². The van der Waals surface area contributed by atoms with Crippen molar-refractivity contribution in [3.63, 3.8) is 0 Å². The molecule has 9 nitrogen and oxygen atoms in total.